The van der Waals surface area contributed by atoms with Crippen LogP contribution in [0.4, 0.5) is 0 Å². The van der Waals surface area contributed by atoms with Gasteiger partial charge < -0.3 is 15.3 Å². The van der Waals surface area contributed by atoms with E-state index in [9.17, 15) is 4.79 Å². The first-order valence-corrected chi connectivity index (χ1v) is 10.5. The van der Waals surface area contributed by atoms with Crippen LogP contribution >= 0.6 is 15.9 Å². The zero-order chi connectivity index (χ0) is 19.3. The molecule has 0 amide bonds. The van der Waals surface area contributed by atoms with Gasteiger partial charge in [-0.1, -0.05) is 15.9 Å². The molecule has 28 heavy (non-hydrogen) atoms. The number of benzene rings is 2. The average Bonchev–Trinajstić information content (AvgIpc) is 3.27. The molecule has 1 aliphatic rings. The zero-order valence-electron chi connectivity index (χ0n) is 15.5. The first kappa shape index (κ1) is 17.6. The normalized spacial score (nSPS) is 13.5. The van der Waals surface area contributed by atoms with Crippen LogP contribution in [0, 0.1) is 0 Å². The van der Waals surface area contributed by atoms with E-state index in [1.54, 1.807) is 0 Å². The molecule has 6 heteroatoms. The number of nitrogens with one attached hydrogen (secondary N) is 1. The summed E-state index contributed by atoms with van der Waals surface area (Å²) in [7, 11) is 0. The number of aromatic amines is 1. The molecular formula is C22H21BrN4O. The fourth-order valence-electron chi connectivity index (χ4n) is 4.24. The van der Waals surface area contributed by atoms with Crippen molar-refractivity contribution in [2.45, 2.75) is 32.2 Å². The van der Waals surface area contributed by atoms with Gasteiger partial charge >= 0.3 is 0 Å². The lowest BCUT2D eigenvalue weighted by Crippen LogP contribution is -2.11. The number of hydrogen-bond acceptors (Lipinski definition) is 3. The topological polar surface area (TPSA) is 76.7 Å². The van der Waals surface area contributed by atoms with Gasteiger partial charge in [0, 0.05) is 33.7 Å². The van der Waals surface area contributed by atoms with E-state index >= 15 is 0 Å². The van der Waals surface area contributed by atoms with Crippen molar-refractivity contribution in [2.75, 3.05) is 6.54 Å². The number of aryl methyl sites for hydroxylation is 3. The van der Waals surface area contributed by atoms with Crippen molar-refractivity contribution >= 4 is 37.9 Å². The van der Waals surface area contributed by atoms with E-state index in [-0.39, 0.29) is 5.56 Å². The van der Waals surface area contributed by atoms with Gasteiger partial charge in [0.25, 0.3) is 5.56 Å². The van der Waals surface area contributed by atoms with Crippen molar-refractivity contribution in [3.8, 4) is 11.3 Å². The van der Waals surface area contributed by atoms with Crippen molar-refractivity contribution in [3.05, 3.63) is 62.5 Å². The maximum Gasteiger partial charge on any atom is 0.275 e. The molecule has 0 bridgehead atoms. The summed E-state index contributed by atoms with van der Waals surface area (Å²) < 4.78 is 3.14. The smallest absolute Gasteiger partial charge is 0.275 e. The van der Waals surface area contributed by atoms with Crippen LogP contribution in [0.1, 0.15) is 24.0 Å². The zero-order valence-corrected chi connectivity index (χ0v) is 17.1. The van der Waals surface area contributed by atoms with Gasteiger partial charge in [-0.25, -0.2) is 4.98 Å². The molecule has 5 nitrogen and oxygen atoms in total. The number of hydrogen-bond donors (Lipinski definition) is 2. The van der Waals surface area contributed by atoms with Crippen LogP contribution in [0.2, 0.25) is 0 Å². The third-order valence-corrected chi connectivity index (χ3v) is 6.10. The van der Waals surface area contributed by atoms with Gasteiger partial charge in [0.1, 0.15) is 5.69 Å². The third kappa shape index (κ3) is 2.88. The summed E-state index contributed by atoms with van der Waals surface area (Å²) in [6, 6.07) is 10.4. The minimum atomic E-state index is -0.150. The minimum absolute atomic E-state index is 0.150. The van der Waals surface area contributed by atoms with Crippen molar-refractivity contribution in [1.29, 1.82) is 0 Å². The van der Waals surface area contributed by atoms with E-state index in [1.165, 1.54) is 17.5 Å². The number of nitrogens with zero attached hydrogens (tertiary/aromatic N) is 2. The highest BCUT2D eigenvalue weighted by Gasteiger charge is 2.18. The molecule has 1 aliphatic carbocycles. The highest BCUT2D eigenvalue weighted by molar-refractivity contribution is 9.10. The van der Waals surface area contributed by atoms with Crippen LogP contribution in [-0.2, 0) is 19.4 Å². The first-order chi connectivity index (χ1) is 13.6. The Morgan fingerprint density at radius 3 is 2.82 bits per heavy atom. The van der Waals surface area contributed by atoms with Gasteiger partial charge in [0.05, 0.1) is 11.0 Å². The highest BCUT2D eigenvalue weighted by Crippen LogP contribution is 2.32. The molecule has 0 radical (unpaired) electrons. The van der Waals surface area contributed by atoms with E-state index in [0.717, 1.165) is 57.8 Å². The quantitative estimate of drug-likeness (QED) is 0.504. The summed E-state index contributed by atoms with van der Waals surface area (Å²) in [6.07, 6.45) is 6.26. The second-order valence-electron chi connectivity index (χ2n) is 7.45. The largest absolute Gasteiger partial charge is 0.347 e. The lowest BCUT2D eigenvalue weighted by molar-refractivity contribution is 0.671. The van der Waals surface area contributed by atoms with E-state index in [4.69, 9.17) is 10.7 Å². The molecule has 0 aliphatic heterocycles. The summed E-state index contributed by atoms with van der Waals surface area (Å²) in [5, 5.41) is 1.02. The molecular weight excluding hydrogens is 416 g/mol. The van der Waals surface area contributed by atoms with Crippen molar-refractivity contribution in [1.82, 2.24) is 14.5 Å². The summed E-state index contributed by atoms with van der Waals surface area (Å²) in [4.78, 5) is 20.8. The second-order valence-corrected chi connectivity index (χ2v) is 8.36. The van der Waals surface area contributed by atoms with Crippen LogP contribution in [0.3, 0.4) is 0 Å². The van der Waals surface area contributed by atoms with E-state index in [2.05, 4.69) is 49.7 Å². The lowest BCUT2D eigenvalue weighted by Gasteiger charge is -2.05. The number of fused-ring (bicyclic) bond motifs is 3. The molecule has 2 heterocycles. The summed E-state index contributed by atoms with van der Waals surface area (Å²) >= 11 is 3.56. The monoisotopic (exact) mass is 436 g/mol. The molecule has 2 aromatic carbocycles. The Labute approximate surface area is 170 Å². The van der Waals surface area contributed by atoms with Crippen molar-refractivity contribution < 1.29 is 0 Å². The maximum atomic E-state index is 12.9. The van der Waals surface area contributed by atoms with Crippen molar-refractivity contribution in [3.63, 3.8) is 0 Å². The molecule has 0 saturated heterocycles. The molecule has 3 N–H and O–H groups in total. The Bertz CT molecular complexity index is 1270. The molecule has 0 atom stereocenters. The number of aromatic nitrogens is 3. The Morgan fingerprint density at radius 1 is 1.18 bits per heavy atom. The molecule has 4 aromatic rings. The highest BCUT2D eigenvalue weighted by atomic mass is 79.9. The third-order valence-electron chi connectivity index (χ3n) is 5.61. The lowest BCUT2D eigenvalue weighted by atomic mass is 10.1. The molecule has 0 fully saturated rings. The van der Waals surface area contributed by atoms with Gasteiger partial charge in [-0.05, 0) is 73.7 Å². The summed E-state index contributed by atoms with van der Waals surface area (Å²) in [6.45, 7) is 1.44. The average molecular weight is 437 g/mol. The predicted octanol–water partition coefficient (Wildman–Crippen LogP) is 4.14. The Kier molecular flexibility index (Phi) is 4.33. The van der Waals surface area contributed by atoms with Gasteiger partial charge in [0.2, 0.25) is 0 Å². The van der Waals surface area contributed by atoms with Crippen LogP contribution in [-0.4, -0.2) is 21.1 Å². The molecule has 0 unspecified atom stereocenters. The van der Waals surface area contributed by atoms with Crippen LogP contribution in [0.15, 0.2) is 45.8 Å². The standard InChI is InChI=1S/C22H21BrN4O/c23-15-5-6-20-16(11-15)17(12-27(20)8-2-7-24)21-22(28)26-19-10-14-4-1-3-13(14)9-18(19)25-21/h5-6,9-12H,1-4,7-8,24H2,(H,26,28). The van der Waals surface area contributed by atoms with Gasteiger partial charge in [-0.15, -0.1) is 0 Å². The summed E-state index contributed by atoms with van der Waals surface area (Å²) in [5.74, 6) is 0. The predicted molar refractivity (Wildman–Crippen MR) is 117 cm³/mol. The van der Waals surface area contributed by atoms with Gasteiger partial charge in [-0.3, -0.25) is 4.79 Å². The van der Waals surface area contributed by atoms with Gasteiger partial charge in [-0.2, -0.15) is 0 Å². The van der Waals surface area contributed by atoms with E-state index < -0.39 is 0 Å². The van der Waals surface area contributed by atoms with E-state index in [0.29, 0.717) is 12.2 Å². The molecule has 5 rings (SSSR count). The molecule has 0 spiro atoms. The molecule has 0 saturated carbocycles. The number of H-pyrrole nitrogens is 1. The van der Waals surface area contributed by atoms with Gasteiger partial charge in [0.15, 0.2) is 0 Å². The fraction of sp³-hybridized carbons (Fsp3) is 0.273. The summed E-state index contributed by atoms with van der Waals surface area (Å²) in [5.41, 5.74) is 12.3. The Morgan fingerprint density at radius 2 is 2.00 bits per heavy atom. The SMILES string of the molecule is NCCCn1cc(-c2nc3cc4c(cc3[nH]c2=O)CCC4)c2cc(Br)ccc21. The van der Waals surface area contributed by atoms with Crippen molar-refractivity contribution in [2.24, 2.45) is 5.73 Å². The molecule has 142 valence electrons. The molecule has 2 aromatic heterocycles. The van der Waals surface area contributed by atoms with Crippen LogP contribution in [0.25, 0.3) is 33.2 Å². The Hall–Kier alpha value is -2.44. The van der Waals surface area contributed by atoms with E-state index in [1.807, 2.05) is 12.3 Å². The minimum Gasteiger partial charge on any atom is -0.347 e. The number of rotatable bonds is 4. The van der Waals surface area contributed by atoms with Crippen LogP contribution in [0.5, 0.6) is 0 Å². The number of halogens is 1. The Balaban J connectivity index is 1.74. The maximum absolute atomic E-state index is 12.9. The fourth-order valence-corrected chi connectivity index (χ4v) is 4.60. The first-order valence-electron chi connectivity index (χ1n) is 9.69. The van der Waals surface area contributed by atoms with Crippen LogP contribution < -0.4 is 11.3 Å². The number of nitrogens with two attached hydrogens (primary N) is 1. The second kappa shape index (κ2) is 6.87.